The summed E-state index contributed by atoms with van der Waals surface area (Å²) in [5.74, 6) is 3.16. The molecule has 5 nitrogen and oxygen atoms in total. The number of carbonyl (C=O) groups is 1. The summed E-state index contributed by atoms with van der Waals surface area (Å²) < 4.78 is 0. The Morgan fingerprint density at radius 1 is 1.25 bits per heavy atom. The molecular formula is C18H24N4OS. The fraction of sp³-hybridized carbons (Fsp3) is 0.500. The summed E-state index contributed by atoms with van der Waals surface area (Å²) >= 11 is 1.68. The molecule has 128 valence electrons. The van der Waals surface area contributed by atoms with Crippen LogP contribution in [0, 0.1) is 5.92 Å². The lowest BCUT2D eigenvalue weighted by Crippen LogP contribution is -2.32. The van der Waals surface area contributed by atoms with Crippen molar-refractivity contribution in [1.29, 1.82) is 0 Å². The van der Waals surface area contributed by atoms with E-state index in [4.69, 9.17) is 0 Å². The van der Waals surface area contributed by atoms with E-state index in [-0.39, 0.29) is 11.8 Å². The molecule has 6 heteroatoms. The first-order valence-electron chi connectivity index (χ1n) is 8.48. The van der Waals surface area contributed by atoms with Crippen molar-refractivity contribution in [3.63, 3.8) is 0 Å². The van der Waals surface area contributed by atoms with Crippen LogP contribution in [0.3, 0.4) is 0 Å². The number of nitrogens with zero attached hydrogens (tertiary/aromatic N) is 2. The monoisotopic (exact) mass is 344 g/mol. The van der Waals surface area contributed by atoms with E-state index in [2.05, 4.69) is 50.8 Å². The predicted molar refractivity (Wildman–Crippen MR) is 96.6 cm³/mol. The lowest BCUT2D eigenvalue weighted by Gasteiger charge is -2.28. The molecule has 1 fully saturated rings. The predicted octanol–water partition coefficient (Wildman–Crippen LogP) is 3.26. The Labute approximate surface area is 147 Å². The van der Waals surface area contributed by atoms with E-state index < -0.39 is 0 Å². The fourth-order valence-corrected chi connectivity index (χ4v) is 3.72. The quantitative estimate of drug-likeness (QED) is 0.844. The van der Waals surface area contributed by atoms with Gasteiger partial charge in [0.05, 0.1) is 12.3 Å². The molecule has 1 aliphatic carbocycles. The Morgan fingerprint density at radius 3 is 2.71 bits per heavy atom. The van der Waals surface area contributed by atoms with Crippen LogP contribution >= 0.6 is 11.8 Å². The maximum absolute atomic E-state index is 12.4. The molecule has 0 spiro atoms. The summed E-state index contributed by atoms with van der Waals surface area (Å²) in [5, 5.41) is 10.0. The standard InChI is InChI=1S/C18H24N4OS/c1-24-12-17-20-16(21-22-17)11-19-18(23)15-9-7-14(8-10-15)13-5-3-2-4-6-13/h2-6,14-15H,7-12H2,1H3,(H,19,23)(H,20,21,22). The van der Waals surface area contributed by atoms with Crippen LogP contribution in [-0.2, 0) is 17.1 Å². The molecule has 3 rings (SSSR count). The highest BCUT2D eigenvalue weighted by Gasteiger charge is 2.26. The van der Waals surface area contributed by atoms with Gasteiger partial charge in [0.15, 0.2) is 5.82 Å². The van der Waals surface area contributed by atoms with Crippen molar-refractivity contribution in [2.45, 2.75) is 43.9 Å². The number of rotatable bonds is 6. The summed E-state index contributed by atoms with van der Waals surface area (Å²) in [7, 11) is 0. The zero-order valence-corrected chi connectivity index (χ0v) is 14.8. The smallest absolute Gasteiger partial charge is 0.223 e. The Balaban J connectivity index is 1.45. The highest BCUT2D eigenvalue weighted by molar-refractivity contribution is 7.97. The van der Waals surface area contributed by atoms with E-state index in [1.165, 1.54) is 5.56 Å². The zero-order valence-electron chi connectivity index (χ0n) is 14.0. The molecule has 0 bridgehead atoms. The van der Waals surface area contributed by atoms with Gasteiger partial charge in [0.25, 0.3) is 0 Å². The second-order valence-electron chi connectivity index (χ2n) is 6.31. The van der Waals surface area contributed by atoms with E-state index >= 15 is 0 Å². The lowest BCUT2D eigenvalue weighted by atomic mass is 9.78. The van der Waals surface area contributed by atoms with Crippen molar-refractivity contribution in [1.82, 2.24) is 20.5 Å². The maximum Gasteiger partial charge on any atom is 0.223 e. The van der Waals surface area contributed by atoms with Crippen LogP contribution in [0.25, 0.3) is 0 Å². The molecule has 2 aromatic rings. The third kappa shape index (κ3) is 4.38. The molecule has 1 aromatic carbocycles. The number of hydrogen-bond acceptors (Lipinski definition) is 4. The molecule has 1 saturated carbocycles. The molecule has 1 amide bonds. The summed E-state index contributed by atoms with van der Waals surface area (Å²) in [4.78, 5) is 16.7. The molecule has 0 saturated heterocycles. The second-order valence-corrected chi connectivity index (χ2v) is 7.17. The number of aromatic amines is 1. The Bertz CT molecular complexity index is 650. The van der Waals surface area contributed by atoms with Crippen LogP contribution in [0.15, 0.2) is 30.3 Å². The third-order valence-electron chi connectivity index (χ3n) is 4.65. The summed E-state index contributed by atoms with van der Waals surface area (Å²) in [6, 6.07) is 10.6. The van der Waals surface area contributed by atoms with Gasteiger partial charge in [-0.05, 0) is 43.4 Å². The van der Waals surface area contributed by atoms with Crippen molar-refractivity contribution in [2.24, 2.45) is 5.92 Å². The Morgan fingerprint density at radius 2 is 2.00 bits per heavy atom. The summed E-state index contributed by atoms with van der Waals surface area (Å²) in [6.45, 7) is 0.429. The summed E-state index contributed by atoms with van der Waals surface area (Å²) in [6.07, 6.45) is 6.10. The normalized spacial score (nSPS) is 20.7. The minimum atomic E-state index is 0.124. The number of benzene rings is 1. The van der Waals surface area contributed by atoms with E-state index in [9.17, 15) is 4.79 Å². The Kier molecular flexibility index (Phi) is 5.91. The first kappa shape index (κ1) is 17.0. The average molecular weight is 344 g/mol. The number of thioether (sulfide) groups is 1. The molecule has 1 heterocycles. The zero-order chi connectivity index (χ0) is 16.8. The summed E-state index contributed by atoms with van der Waals surface area (Å²) in [5.41, 5.74) is 1.40. The maximum atomic E-state index is 12.4. The van der Waals surface area contributed by atoms with Crippen molar-refractivity contribution in [3.05, 3.63) is 47.5 Å². The first-order valence-corrected chi connectivity index (χ1v) is 9.87. The number of nitrogens with one attached hydrogen (secondary N) is 2. The molecule has 0 aliphatic heterocycles. The van der Waals surface area contributed by atoms with Gasteiger partial charge in [0, 0.05) is 5.92 Å². The number of aromatic nitrogens is 3. The van der Waals surface area contributed by atoms with Gasteiger partial charge in [-0.2, -0.15) is 16.9 Å². The molecule has 1 aliphatic rings. The molecule has 2 N–H and O–H groups in total. The highest BCUT2D eigenvalue weighted by Crippen LogP contribution is 2.35. The van der Waals surface area contributed by atoms with E-state index in [0.717, 1.165) is 43.1 Å². The number of carbonyl (C=O) groups excluding carboxylic acids is 1. The molecule has 0 unspecified atom stereocenters. The van der Waals surface area contributed by atoms with Crippen molar-refractivity contribution in [2.75, 3.05) is 6.26 Å². The van der Waals surface area contributed by atoms with Gasteiger partial charge in [-0.25, -0.2) is 4.98 Å². The van der Waals surface area contributed by atoms with E-state index in [0.29, 0.717) is 12.5 Å². The van der Waals surface area contributed by atoms with Gasteiger partial charge in [-0.3, -0.25) is 9.89 Å². The van der Waals surface area contributed by atoms with Crippen LogP contribution in [0.1, 0.15) is 48.8 Å². The lowest BCUT2D eigenvalue weighted by molar-refractivity contribution is -0.126. The number of H-pyrrole nitrogens is 1. The number of amides is 1. The fourth-order valence-electron chi connectivity index (χ4n) is 3.34. The van der Waals surface area contributed by atoms with Gasteiger partial charge in [-0.15, -0.1) is 0 Å². The minimum absolute atomic E-state index is 0.124. The molecular weight excluding hydrogens is 320 g/mol. The SMILES string of the molecule is CSCc1n[nH]c(CNC(=O)C2CCC(c3ccccc3)CC2)n1. The minimum Gasteiger partial charge on any atom is -0.349 e. The van der Waals surface area contributed by atoms with E-state index in [1.54, 1.807) is 11.8 Å². The van der Waals surface area contributed by atoms with Crippen molar-refractivity contribution < 1.29 is 4.79 Å². The van der Waals surface area contributed by atoms with Gasteiger partial charge < -0.3 is 5.32 Å². The van der Waals surface area contributed by atoms with Crippen LogP contribution in [0.2, 0.25) is 0 Å². The third-order valence-corrected chi connectivity index (χ3v) is 5.20. The van der Waals surface area contributed by atoms with Gasteiger partial charge in [-0.1, -0.05) is 30.3 Å². The van der Waals surface area contributed by atoms with Crippen molar-refractivity contribution in [3.8, 4) is 0 Å². The molecule has 0 atom stereocenters. The van der Waals surface area contributed by atoms with Crippen LogP contribution in [0.5, 0.6) is 0 Å². The molecule has 24 heavy (non-hydrogen) atoms. The topological polar surface area (TPSA) is 70.7 Å². The van der Waals surface area contributed by atoms with Crippen LogP contribution < -0.4 is 5.32 Å². The van der Waals surface area contributed by atoms with E-state index in [1.807, 2.05) is 6.26 Å². The van der Waals surface area contributed by atoms with Crippen LogP contribution in [-0.4, -0.2) is 27.3 Å². The van der Waals surface area contributed by atoms with Gasteiger partial charge in [0.2, 0.25) is 5.91 Å². The van der Waals surface area contributed by atoms with Gasteiger partial charge >= 0.3 is 0 Å². The Hall–Kier alpha value is -1.82. The van der Waals surface area contributed by atoms with Gasteiger partial charge in [0.1, 0.15) is 5.82 Å². The average Bonchev–Trinajstić information content (AvgIpc) is 3.08. The highest BCUT2D eigenvalue weighted by atomic mass is 32.2. The van der Waals surface area contributed by atoms with Crippen LogP contribution in [0.4, 0.5) is 0 Å². The first-order chi connectivity index (χ1) is 11.8. The largest absolute Gasteiger partial charge is 0.349 e. The molecule has 1 aromatic heterocycles. The second kappa shape index (κ2) is 8.33. The number of hydrogen-bond donors (Lipinski definition) is 2. The van der Waals surface area contributed by atoms with Crippen molar-refractivity contribution >= 4 is 17.7 Å². The molecule has 0 radical (unpaired) electrons.